The molecule has 1 aromatic heterocycles. The van der Waals surface area contributed by atoms with Crippen molar-refractivity contribution in [2.75, 3.05) is 0 Å². The summed E-state index contributed by atoms with van der Waals surface area (Å²) in [6.45, 7) is 6.66. The van der Waals surface area contributed by atoms with Crippen molar-refractivity contribution < 1.29 is 4.74 Å². The van der Waals surface area contributed by atoms with Crippen LogP contribution in [0.1, 0.15) is 63.6 Å². The van der Waals surface area contributed by atoms with Crippen LogP contribution in [0.2, 0.25) is 0 Å². The Bertz CT molecular complexity index is 428. The minimum atomic E-state index is 0.0589. The van der Waals surface area contributed by atoms with Gasteiger partial charge in [0.15, 0.2) is 0 Å². The number of hydrogen-bond acceptors (Lipinski definition) is 3. The normalized spacial score (nSPS) is 20.4. The fourth-order valence-corrected chi connectivity index (χ4v) is 2.19. The lowest BCUT2D eigenvalue weighted by Crippen LogP contribution is -2.18. The van der Waals surface area contributed by atoms with Crippen LogP contribution in [-0.4, -0.2) is 16.1 Å². The molecule has 1 heterocycles. The van der Waals surface area contributed by atoms with Crippen molar-refractivity contribution in [2.45, 2.75) is 63.9 Å². The molecule has 0 aromatic carbocycles. The zero-order valence-corrected chi connectivity index (χ0v) is 10.9. The minimum absolute atomic E-state index is 0.0589. The zero-order chi connectivity index (χ0) is 12.0. The molecule has 0 amide bonds. The van der Waals surface area contributed by atoms with Crippen LogP contribution in [0.5, 0.6) is 5.88 Å². The van der Waals surface area contributed by atoms with Gasteiger partial charge in [0.1, 0.15) is 12.4 Å². The van der Waals surface area contributed by atoms with Gasteiger partial charge in [-0.25, -0.2) is 9.97 Å². The summed E-state index contributed by atoms with van der Waals surface area (Å²) in [5, 5.41) is 0. The second kappa shape index (κ2) is 3.69. The topological polar surface area (TPSA) is 35.0 Å². The van der Waals surface area contributed by atoms with E-state index in [4.69, 9.17) is 4.74 Å². The Labute approximate surface area is 103 Å². The van der Waals surface area contributed by atoms with Crippen LogP contribution in [0, 0.1) is 0 Å². The van der Waals surface area contributed by atoms with Gasteiger partial charge >= 0.3 is 0 Å². The highest BCUT2D eigenvalue weighted by atomic mass is 16.5. The van der Waals surface area contributed by atoms with Gasteiger partial charge in [0, 0.05) is 11.5 Å². The predicted molar refractivity (Wildman–Crippen MR) is 66.4 cm³/mol. The summed E-state index contributed by atoms with van der Waals surface area (Å²) < 4.78 is 5.95. The second-order valence-electron chi connectivity index (χ2n) is 6.28. The van der Waals surface area contributed by atoms with Crippen LogP contribution in [0.25, 0.3) is 0 Å². The maximum atomic E-state index is 5.95. The summed E-state index contributed by atoms with van der Waals surface area (Å²) in [7, 11) is 0. The number of nitrogens with zero attached hydrogens (tertiary/aromatic N) is 2. The summed E-state index contributed by atoms with van der Waals surface area (Å²) in [6.07, 6.45) is 6.95. The highest BCUT2D eigenvalue weighted by Crippen LogP contribution is 2.46. The molecule has 0 atom stereocenters. The minimum Gasteiger partial charge on any atom is -0.474 e. The van der Waals surface area contributed by atoms with Gasteiger partial charge in [-0.05, 0) is 31.1 Å². The lowest BCUT2D eigenvalue weighted by atomic mass is 9.85. The van der Waals surface area contributed by atoms with Crippen molar-refractivity contribution in [1.82, 2.24) is 9.97 Å². The monoisotopic (exact) mass is 232 g/mol. The van der Waals surface area contributed by atoms with Gasteiger partial charge in [-0.1, -0.05) is 20.8 Å². The highest BCUT2D eigenvalue weighted by molar-refractivity contribution is 5.39. The van der Waals surface area contributed by atoms with Crippen LogP contribution in [0.3, 0.4) is 0 Å². The van der Waals surface area contributed by atoms with Gasteiger partial charge in [-0.3, -0.25) is 0 Å². The molecule has 0 saturated heterocycles. The van der Waals surface area contributed by atoms with E-state index in [2.05, 4.69) is 30.7 Å². The molecule has 17 heavy (non-hydrogen) atoms. The molecular weight excluding hydrogens is 212 g/mol. The quantitative estimate of drug-likeness (QED) is 0.802. The molecule has 3 rings (SSSR count). The summed E-state index contributed by atoms with van der Waals surface area (Å²) in [5.74, 6) is 1.48. The van der Waals surface area contributed by atoms with Crippen molar-refractivity contribution in [3.05, 3.63) is 17.6 Å². The Morgan fingerprint density at radius 1 is 1.12 bits per heavy atom. The van der Waals surface area contributed by atoms with Gasteiger partial charge in [0.25, 0.3) is 0 Å². The van der Waals surface area contributed by atoms with E-state index in [0.29, 0.717) is 12.0 Å². The zero-order valence-electron chi connectivity index (χ0n) is 10.9. The Kier molecular flexibility index (Phi) is 2.39. The van der Waals surface area contributed by atoms with Gasteiger partial charge in [-0.15, -0.1) is 0 Å². The van der Waals surface area contributed by atoms with Crippen LogP contribution in [0.15, 0.2) is 6.33 Å². The molecule has 0 bridgehead atoms. The molecule has 92 valence electrons. The van der Waals surface area contributed by atoms with Crippen molar-refractivity contribution in [3.8, 4) is 5.88 Å². The van der Waals surface area contributed by atoms with Crippen molar-refractivity contribution in [3.63, 3.8) is 0 Å². The molecule has 0 N–H and O–H groups in total. The van der Waals surface area contributed by atoms with Crippen LogP contribution >= 0.6 is 0 Å². The molecule has 3 nitrogen and oxygen atoms in total. The smallest absolute Gasteiger partial charge is 0.220 e. The number of ether oxygens (including phenoxy) is 1. The van der Waals surface area contributed by atoms with Crippen molar-refractivity contribution in [2.24, 2.45) is 0 Å². The fraction of sp³-hybridized carbons (Fsp3) is 0.714. The summed E-state index contributed by atoms with van der Waals surface area (Å²) in [4.78, 5) is 8.87. The van der Waals surface area contributed by atoms with E-state index in [-0.39, 0.29) is 5.41 Å². The third kappa shape index (κ3) is 2.28. The Morgan fingerprint density at radius 3 is 2.35 bits per heavy atom. The maximum absolute atomic E-state index is 5.95. The Morgan fingerprint density at radius 2 is 1.82 bits per heavy atom. The first-order valence-electron chi connectivity index (χ1n) is 6.58. The van der Waals surface area contributed by atoms with E-state index in [1.165, 1.54) is 36.9 Å². The van der Waals surface area contributed by atoms with Crippen LogP contribution in [-0.2, 0) is 5.41 Å². The van der Waals surface area contributed by atoms with E-state index in [0.717, 1.165) is 5.88 Å². The van der Waals surface area contributed by atoms with E-state index in [1.54, 1.807) is 6.33 Å². The first-order chi connectivity index (χ1) is 8.05. The molecule has 0 aliphatic heterocycles. The molecule has 2 saturated carbocycles. The van der Waals surface area contributed by atoms with Crippen LogP contribution < -0.4 is 4.74 Å². The molecule has 3 heteroatoms. The average molecular weight is 232 g/mol. The fourth-order valence-electron chi connectivity index (χ4n) is 2.19. The standard InChI is InChI=1S/C14H20N2O/c1-14(2,3)11-12(9-4-5-9)15-8-16-13(11)17-10-6-7-10/h8-10H,4-7H2,1-3H3. The van der Waals surface area contributed by atoms with E-state index < -0.39 is 0 Å². The number of rotatable bonds is 3. The Hall–Kier alpha value is -1.12. The summed E-state index contributed by atoms with van der Waals surface area (Å²) in [5.41, 5.74) is 2.52. The molecule has 0 radical (unpaired) electrons. The molecule has 0 spiro atoms. The summed E-state index contributed by atoms with van der Waals surface area (Å²) in [6, 6.07) is 0. The lowest BCUT2D eigenvalue weighted by molar-refractivity contribution is 0.280. The molecule has 1 aromatic rings. The second-order valence-corrected chi connectivity index (χ2v) is 6.28. The molecular formula is C14H20N2O. The van der Waals surface area contributed by atoms with Gasteiger partial charge < -0.3 is 4.74 Å². The van der Waals surface area contributed by atoms with Crippen molar-refractivity contribution >= 4 is 0 Å². The van der Waals surface area contributed by atoms with Crippen molar-refractivity contribution in [1.29, 1.82) is 0 Å². The van der Waals surface area contributed by atoms with Gasteiger partial charge in [-0.2, -0.15) is 0 Å². The molecule has 0 unspecified atom stereocenters. The highest BCUT2D eigenvalue weighted by Gasteiger charge is 2.35. The SMILES string of the molecule is CC(C)(C)c1c(OC2CC2)ncnc1C1CC1. The first-order valence-corrected chi connectivity index (χ1v) is 6.58. The molecule has 2 fully saturated rings. The van der Waals surface area contributed by atoms with Gasteiger partial charge in [0.05, 0.1) is 5.69 Å². The average Bonchev–Trinajstić information content (AvgIpc) is 3.11. The van der Waals surface area contributed by atoms with E-state index in [9.17, 15) is 0 Å². The first kappa shape index (κ1) is 11.0. The molecule has 2 aliphatic rings. The third-order valence-electron chi connectivity index (χ3n) is 3.36. The van der Waals surface area contributed by atoms with Gasteiger partial charge in [0.2, 0.25) is 5.88 Å². The third-order valence-corrected chi connectivity index (χ3v) is 3.36. The maximum Gasteiger partial charge on any atom is 0.220 e. The van der Waals surface area contributed by atoms with Crippen LogP contribution in [0.4, 0.5) is 0 Å². The lowest BCUT2D eigenvalue weighted by Gasteiger charge is -2.24. The largest absolute Gasteiger partial charge is 0.474 e. The number of hydrogen-bond donors (Lipinski definition) is 0. The van der Waals surface area contributed by atoms with E-state index in [1.807, 2.05) is 0 Å². The number of aromatic nitrogens is 2. The predicted octanol–water partition coefficient (Wildman–Crippen LogP) is 3.19. The summed E-state index contributed by atoms with van der Waals surface area (Å²) >= 11 is 0. The van der Waals surface area contributed by atoms with E-state index >= 15 is 0 Å². The Balaban J connectivity index is 2.02. The molecule has 2 aliphatic carbocycles.